The molecule has 9 heteroatoms. The van der Waals surface area contributed by atoms with Crippen molar-refractivity contribution in [3.63, 3.8) is 0 Å². The molecule has 0 aromatic heterocycles. The lowest BCUT2D eigenvalue weighted by Gasteiger charge is -2.36. The summed E-state index contributed by atoms with van der Waals surface area (Å²) in [6, 6.07) is 16.6. The molecule has 2 aromatic carbocycles. The van der Waals surface area contributed by atoms with E-state index in [0.717, 1.165) is 11.3 Å². The summed E-state index contributed by atoms with van der Waals surface area (Å²) in [5, 5.41) is 2.86. The largest absolute Gasteiger partial charge is 0.497 e. The molecule has 1 heterocycles. The lowest BCUT2D eigenvalue weighted by Crippen LogP contribution is -2.43. The predicted molar refractivity (Wildman–Crippen MR) is 181 cm³/mol. The van der Waals surface area contributed by atoms with Crippen molar-refractivity contribution in [2.75, 3.05) is 20.8 Å². The second-order valence-corrected chi connectivity index (χ2v) is 13.7. The van der Waals surface area contributed by atoms with Crippen molar-refractivity contribution < 1.29 is 38.0 Å². The van der Waals surface area contributed by atoms with E-state index in [9.17, 15) is 9.59 Å². The van der Waals surface area contributed by atoms with Crippen LogP contribution in [0.15, 0.2) is 54.6 Å². The fourth-order valence-electron chi connectivity index (χ4n) is 5.95. The zero-order chi connectivity index (χ0) is 34.6. The monoisotopic (exact) mass is 651 g/mol. The van der Waals surface area contributed by atoms with Crippen molar-refractivity contribution in [2.45, 2.75) is 104 Å². The smallest absolute Gasteiger partial charge is 0.407 e. The van der Waals surface area contributed by atoms with Gasteiger partial charge in [-0.15, -0.1) is 12.3 Å². The summed E-state index contributed by atoms with van der Waals surface area (Å²) < 4.78 is 36.5. The van der Waals surface area contributed by atoms with Crippen LogP contribution in [-0.4, -0.2) is 62.5 Å². The molecular weight excluding hydrogens is 598 g/mol. The molecule has 1 fully saturated rings. The second kappa shape index (κ2) is 17.5. The fraction of sp³-hybridized carbons (Fsp3) is 0.579. The number of carbonyl (C=O) groups excluding carboxylic acids is 2. The number of hydrogen-bond donors (Lipinski definition) is 1. The highest BCUT2D eigenvalue weighted by Gasteiger charge is 2.54. The normalized spacial score (nSPS) is 21.9. The van der Waals surface area contributed by atoms with E-state index in [1.54, 1.807) is 38.5 Å². The van der Waals surface area contributed by atoms with Gasteiger partial charge in [0.2, 0.25) is 0 Å². The number of terminal acetylenes is 1. The van der Waals surface area contributed by atoms with Crippen LogP contribution in [-0.2, 0) is 30.3 Å². The minimum atomic E-state index is -1.07. The molecule has 0 spiro atoms. The topological polar surface area (TPSA) is 102 Å². The van der Waals surface area contributed by atoms with Gasteiger partial charge in [0, 0.05) is 32.4 Å². The third kappa shape index (κ3) is 11.6. The van der Waals surface area contributed by atoms with Gasteiger partial charge >= 0.3 is 12.1 Å². The van der Waals surface area contributed by atoms with Gasteiger partial charge in [0.15, 0.2) is 5.79 Å². The Morgan fingerprint density at radius 2 is 1.70 bits per heavy atom. The van der Waals surface area contributed by atoms with Crippen LogP contribution in [0.3, 0.4) is 0 Å². The van der Waals surface area contributed by atoms with Crippen molar-refractivity contribution >= 4 is 12.1 Å². The van der Waals surface area contributed by atoms with Gasteiger partial charge in [-0.1, -0.05) is 51.1 Å². The summed E-state index contributed by atoms with van der Waals surface area (Å²) in [5.74, 6) is 2.09. The third-order valence-corrected chi connectivity index (χ3v) is 8.39. The van der Waals surface area contributed by atoms with E-state index in [0.29, 0.717) is 44.4 Å². The minimum Gasteiger partial charge on any atom is -0.497 e. The van der Waals surface area contributed by atoms with Gasteiger partial charge in [0.25, 0.3) is 0 Å². The van der Waals surface area contributed by atoms with E-state index < -0.39 is 41.8 Å². The van der Waals surface area contributed by atoms with Crippen molar-refractivity contribution in [1.29, 1.82) is 0 Å². The maximum absolute atomic E-state index is 13.4. The molecule has 0 saturated carbocycles. The summed E-state index contributed by atoms with van der Waals surface area (Å²) >= 11 is 0. The standard InChI is InChI=1S/C38H53NO8/c1-10-14-26(2)22-32(44-25-29-17-19-31(42-8)20-18-29)34-33(45-35(40)30-15-12-11-13-16-30)23-38(43-9,46-34)28(4)21-27(3)24-39-36(41)47-37(5,6)7/h1,11-13,15-20,26-28,32-34H,14,21-25H2,2-9H3,(H,39,41)/t26-,27-,28+,32-,33-,34-,38?/m0/s1. The number of carbonyl (C=O) groups is 2. The van der Waals surface area contributed by atoms with E-state index in [1.807, 2.05) is 51.1 Å². The summed E-state index contributed by atoms with van der Waals surface area (Å²) in [7, 11) is 3.25. The number of hydrogen-bond acceptors (Lipinski definition) is 8. The number of amides is 1. The van der Waals surface area contributed by atoms with Gasteiger partial charge in [-0.3, -0.25) is 0 Å². The SMILES string of the molecule is C#CC[C@H](C)C[C@H](OCc1ccc(OC)cc1)[C@@H]1OC(OC)([C@H](C)C[C@H](C)CNC(=O)OC(C)(C)C)C[C@@H]1OC(=O)c1ccccc1. The van der Waals surface area contributed by atoms with Crippen molar-refractivity contribution in [3.8, 4) is 18.1 Å². The van der Waals surface area contributed by atoms with Crippen LogP contribution >= 0.6 is 0 Å². The van der Waals surface area contributed by atoms with Crippen molar-refractivity contribution in [3.05, 3.63) is 65.7 Å². The molecule has 9 nitrogen and oxygen atoms in total. The van der Waals surface area contributed by atoms with Gasteiger partial charge in [0.1, 0.15) is 23.6 Å². The number of rotatable bonds is 16. The molecule has 2 aromatic rings. The lowest BCUT2D eigenvalue weighted by atomic mass is 9.87. The first-order valence-corrected chi connectivity index (χ1v) is 16.4. The molecule has 0 radical (unpaired) electrons. The quantitative estimate of drug-likeness (QED) is 0.151. The highest BCUT2D eigenvalue weighted by Crippen LogP contribution is 2.44. The summed E-state index contributed by atoms with van der Waals surface area (Å²) in [5.41, 5.74) is 0.838. The van der Waals surface area contributed by atoms with E-state index in [-0.39, 0.29) is 17.8 Å². The molecule has 1 aliphatic heterocycles. The first-order chi connectivity index (χ1) is 22.3. The van der Waals surface area contributed by atoms with Crippen LogP contribution in [0.4, 0.5) is 4.79 Å². The predicted octanol–water partition coefficient (Wildman–Crippen LogP) is 7.17. The van der Waals surface area contributed by atoms with Crippen molar-refractivity contribution in [1.82, 2.24) is 5.32 Å². The number of methoxy groups -OCH3 is 2. The van der Waals surface area contributed by atoms with Gasteiger partial charge in [-0.05, 0) is 75.3 Å². The average Bonchev–Trinajstić information content (AvgIpc) is 3.41. The van der Waals surface area contributed by atoms with E-state index in [2.05, 4.69) is 32.0 Å². The molecule has 47 heavy (non-hydrogen) atoms. The van der Waals surface area contributed by atoms with E-state index in [4.69, 9.17) is 34.8 Å². The van der Waals surface area contributed by atoms with Crippen LogP contribution in [0, 0.1) is 30.1 Å². The molecule has 1 N–H and O–H groups in total. The van der Waals surface area contributed by atoms with Crippen LogP contribution < -0.4 is 10.1 Å². The summed E-state index contributed by atoms with van der Waals surface area (Å²) in [6.07, 6.45) is 5.62. The van der Waals surface area contributed by atoms with Crippen molar-refractivity contribution in [2.24, 2.45) is 17.8 Å². The van der Waals surface area contributed by atoms with Gasteiger partial charge in [0.05, 0.1) is 25.4 Å². The first-order valence-electron chi connectivity index (χ1n) is 16.4. The lowest BCUT2D eigenvalue weighted by molar-refractivity contribution is -0.258. The molecule has 1 aliphatic rings. The Hall–Kier alpha value is -3.58. The molecular formula is C38H53NO8. The Labute approximate surface area is 281 Å². The molecule has 0 bridgehead atoms. The Balaban J connectivity index is 1.86. The Morgan fingerprint density at radius 3 is 2.30 bits per heavy atom. The number of ether oxygens (including phenoxy) is 6. The number of nitrogens with one attached hydrogen (secondary N) is 1. The van der Waals surface area contributed by atoms with E-state index in [1.165, 1.54) is 0 Å². The molecule has 3 rings (SSSR count). The van der Waals surface area contributed by atoms with E-state index >= 15 is 0 Å². The van der Waals surface area contributed by atoms with Gasteiger partial charge < -0.3 is 33.7 Å². The Bertz CT molecular complexity index is 1300. The maximum atomic E-state index is 13.4. The molecule has 1 unspecified atom stereocenters. The molecule has 1 saturated heterocycles. The van der Waals surface area contributed by atoms with Gasteiger partial charge in [-0.25, -0.2) is 9.59 Å². The van der Waals surface area contributed by atoms with Gasteiger partial charge in [-0.2, -0.15) is 0 Å². The average molecular weight is 652 g/mol. The second-order valence-electron chi connectivity index (χ2n) is 13.7. The fourth-order valence-corrected chi connectivity index (χ4v) is 5.95. The first kappa shape index (κ1) is 37.9. The Morgan fingerprint density at radius 1 is 1.02 bits per heavy atom. The number of esters is 1. The summed E-state index contributed by atoms with van der Waals surface area (Å²) in [6.45, 7) is 12.4. The molecule has 7 atom stereocenters. The van der Waals surface area contributed by atoms with Crippen LogP contribution in [0.5, 0.6) is 5.75 Å². The van der Waals surface area contributed by atoms with Crippen LogP contribution in [0.2, 0.25) is 0 Å². The molecule has 0 aliphatic carbocycles. The highest BCUT2D eigenvalue weighted by molar-refractivity contribution is 5.89. The highest BCUT2D eigenvalue weighted by atomic mass is 16.7. The Kier molecular flexibility index (Phi) is 14.1. The zero-order valence-electron chi connectivity index (χ0n) is 29.2. The molecule has 258 valence electrons. The zero-order valence-corrected chi connectivity index (χ0v) is 29.2. The van der Waals surface area contributed by atoms with Crippen LogP contribution in [0.25, 0.3) is 0 Å². The summed E-state index contributed by atoms with van der Waals surface area (Å²) in [4.78, 5) is 25.7. The number of alkyl carbamates (subject to hydrolysis) is 1. The maximum Gasteiger partial charge on any atom is 0.407 e. The number of benzene rings is 2. The molecule has 1 amide bonds. The third-order valence-electron chi connectivity index (χ3n) is 8.39. The van der Waals surface area contributed by atoms with Crippen LogP contribution in [0.1, 0.15) is 83.1 Å². The minimum absolute atomic E-state index is 0.0790.